The molecule has 0 aromatic heterocycles. The normalized spacial score (nSPS) is 18.2. The molecule has 2 atom stereocenters. The minimum Gasteiger partial charge on any atom is -0.493 e. The van der Waals surface area contributed by atoms with Crippen molar-refractivity contribution in [2.24, 2.45) is 5.92 Å². The number of benzene rings is 3. The van der Waals surface area contributed by atoms with E-state index in [2.05, 4.69) is 10.6 Å². The van der Waals surface area contributed by atoms with Gasteiger partial charge in [-0.15, -0.1) is 0 Å². The third kappa shape index (κ3) is 8.06. The van der Waals surface area contributed by atoms with E-state index in [1.54, 1.807) is 11.0 Å². The van der Waals surface area contributed by atoms with Gasteiger partial charge >= 0.3 is 12.2 Å². The lowest BCUT2D eigenvalue weighted by Crippen LogP contribution is -2.37. The molecule has 0 bridgehead atoms. The van der Waals surface area contributed by atoms with Gasteiger partial charge in [0.1, 0.15) is 18.0 Å². The molecule has 2 aliphatic heterocycles. The lowest BCUT2D eigenvalue weighted by atomic mass is 9.83. The summed E-state index contributed by atoms with van der Waals surface area (Å²) in [6.07, 6.45) is 0.617. The minimum absolute atomic E-state index is 0.0848. The molecule has 3 aromatic rings. The molecule has 2 N–H and O–H groups in total. The molecule has 0 radical (unpaired) electrons. The Morgan fingerprint density at radius 3 is 2.47 bits per heavy atom. The quantitative estimate of drug-likeness (QED) is 0.328. The highest BCUT2D eigenvalue weighted by Gasteiger charge is 2.32. The van der Waals surface area contributed by atoms with Crippen molar-refractivity contribution in [1.82, 2.24) is 10.2 Å². The number of fused-ring (bicyclic) bond motifs is 1. The number of nitrogens with one attached hydrogen (secondary N) is 2. The highest BCUT2D eigenvalue weighted by atomic mass is 16.6. The average molecular weight is 586 g/mol. The summed E-state index contributed by atoms with van der Waals surface area (Å²) in [5.41, 5.74) is 3.69. The molecule has 5 rings (SSSR count). The average Bonchev–Trinajstić information content (AvgIpc) is 3.21. The molecule has 0 spiro atoms. The van der Waals surface area contributed by atoms with Gasteiger partial charge in [-0.25, -0.2) is 9.59 Å². The maximum Gasteiger partial charge on any atom is 0.411 e. The van der Waals surface area contributed by atoms with Crippen LogP contribution in [0.3, 0.4) is 0 Å². The van der Waals surface area contributed by atoms with E-state index in [4.69, 9.17) is 14.2 Å². The molecule has 0 saturated carbocycles. The van der Waals surface area contributed by atoms with E-state index in [-0.39, 0.29) is 30.4 Å². The lowest BCUT2D eigenvalue weighted by Gasteiger charge is -2.26. The van der Waals surface area contributed by atoms with Gasteiger partial charge in [-0.2, -0.15) is 0 Å². The van der Waals surface area contributed by atoms with Gasteiger partial charge in [0.25, 0.3) is 5.91 Å². The second-order valence-corrected chi connectivity index (χ2v) is 12.0. The van der Waals surface area contributed by atoms with Crippen LogP contribution in [0.2, 0.25) is 0 Å². The van der Waals surface area contributed by atoms with Gasteiger partial charge in [-0.1, -0.05) is 48.5 Å². The summed E-state index contributed by atoms with van der Waals surface area (Å²) < 4.78 is 17.3. The zero-order chi connectivity index (χ0) is 30.4. The first-order chi connectivity index (χ1) is 20.6. The highest BCUT2D eigenvalue weighted by Crippen LogP contribution is 2.35. The van der Waals surface area contributed by atoms with Crippen molar-refractivity contribution in [3.63, 3.8) is 0 Å². The highest BCUT2D eigenvalue weighted by molar-refractivity contribution is 5.98. The van der Waals surface area contributed by atoms with E-state index < -0.39 is 11.7 Å². The van der Waals surface area contributed by atoms with Crippen molar-refractivity contribution in [3.8, 4) is 5.75 Å². The molecule has 226 valence electrons. The summed E-state index contributed by atoms with van der Waals surface area (Å²) in [5, 5.41) is 5.63. The second kappa shape index (κ2) is 13.2. The van der Waals surface area contributed by atoms with E-state index in [0.29, 0.717) is 43.2 Å². The number of nitrogens with zero attached hydrogens (tertiary/aromatic N) is 1. The Bertz CT molecular complexity index is 1430. The number of hydrogen-bond donors (Lipinski definition) is 2. The largest absolute Gasteiger partial charge is 0.493 e. The molecule has 3 amide bonds. The Morgan fingerprint density at radius 1 is 0.977 bits per heavy atom. The second-order valence-electron chi connectivity index (χ2n) is 12.0. The standard InChI is InChI=1S/C34H39N3O6/c1-34(2,3)43-33(40)37-17-15-26(22-41-28-14-11-25-20-35-31(38)30(25)19-28)29(16-18-37)24-9-12-27(13-10-24)36-32(39)42-21-23-7-5-4-6-8-23/h4-14,19,26,29H,15-18,20-22H2,1-3H3,(H,35,38)(H,36,39)/t26-,29-/m0/s1. The van der Waals surface area contributed by atoms with Gasteiger partial charge in [0.05, 0.1) is 6.61 Å². The number of rotatable bonds is 7. The van der Waals surface area contributed by atoms with Gasteiger partial charge in [0.2, 0.25) is 0 Å². The minimum atomic E-state index is -0.573. The first kappa shape index (κ1) is 29.9. The zero-order valence-electron chi connectivity index (χ0n) is 24.9. The van der Waals surface area contributed by atoms with Gasteiger partial charge in [-0.3, -0.25) is 10.1 Å². The fourth-order valence-corrected chi connectivity index (χ4v) is 5.49. The molecule has 0 unspecified atom stereocenters. The van der Waals surface area contributed by atoms with E-state index in [1.807, 2.05) is 87.5 Å². The summed E-state index contributed by atoms with van der Waals surface area (Å²) >= 11 is 0. The van der Waals surface area contributed by atoms with Crippen LogP contribution in [-0.2, 0) is 22.6 Å². The number of anilines is 1. The molecule has 0 aliphatic carbocycles. The Morgan fingerprint density at radius 2 is 1.72 bits per heavy atom. The molecular formula is C34H39N3O6. The number of carbonyl (C=O) groups excluding carboxylic acids is 3. The zero-order valence-corrected chi connectivity index (χ0v) is 24.9. The van der Waals surface area contributed by atoms with Gasteiger partial charge < -0.3 is 24.4 Å². The third-order valence-corrected chi connectivity index (χ3v) is 7.73. The predicted molar refractivity (Wildman–Crippen MR) is 163 cm³/mol. The first-order valence-corrected chi connectivity index (χ1v) is 14.7. The van der Waals surface area contributed by atoms with Crippen molar-refractivity contribution in [2.75, 3.05) is 25.0 Å². The van der Waals surface area contributed by atoms with E-state index >= 15 is 0 Å². The van der Waals surface area contributed by atoms with Crippen molar-refractivity contribution >= 4 is 23.8 Å². The molecule has 2 heterocycles. The first-order valence-electron chi connectivity index (χ1n) is 14.7. The van der Waals surface area contributed by atoms with Crippen LogP contribution in [0.4, 0.5) is 15.3 Å². The summed E-state index contributed by atoms with van der Waals surface area (Å²) in [5.74, 6) is 0.767. The fourth-order valence-electron chi connectivity index (χ4n) is 5.49. The molecular weight excluding hydrogens is 546 g/mol. The van der Waals surface area contributed by atoms with Crippen LogP contribution in [0.1, 0.15) is 66.6 Å². The summed E-state index contributed by atoms with van der Waals surface area (Å²) in [6, 6.07) is 22.9. The lowest BCUT2D eigenvalue weighted by molar-refractivity contribution is 0.0253. The smallest absolute Gasteiger partial charge is 0.411 e. The Hall–Kier alpha value is -4.53. The summed E-state index contributed by atoms with van der Waals surface area (Å²) in [4.78, 5) is 39.2. The van der Waals surface area contributed by atoms with Crippen molar-refractivity contribution < 1.29 is 28.6 Å². The Labute approximate surface area is 252 Å². The number of ether oxygens (including phenoxy) is 3. The molecule has 1 saturated heterocycles. The molecule has 9 nitrogen and oxygen atoms in total. The maximum absolute atomic E-state index is 12.9. The molecule has 1 fully saturated rings. The van der Waals surface area contributed by atoms with Crippen LogP contribution < -0.4 is 15.4 Å². The molecule has 43 heavy (non-hydrogen) atoms. The topological polar surface area (TPSA) is 106 Å². The van der Waals surface area contributed by atoms with Crippen LogP contribution >= 0.6 is 0 Å². The van der Waals surface area contributed by atoms with Crippen molar-refractivity contribution in [1.29, 1.82) is 0 Å². The van der Waals surface area contributed by atoms with Gasteiger partial charge in [-0.05, 0) is 80.5 Å². The Balaban J connectivity index is 1.26. The molecule has 3 aromatic carbocycles. The number of amides is 3. The third-order valence-electron chi connectivity index (χ3n) is 7.73. The Kier molecular flexibility index (Phi) is 9.19. The van der Waals surface area contributed by atoms with E-state index in [9.17, 15) is 14.4 Å². The van der Waals surface area contributed by atoms with Crippen molar-refractivity contribution in [2.45, 2.75) is 58.3 Å². The number of hydrogen-bond acceptors (Lipinski definition) is 6. The van der Waals surface area contributed by atoms with Crippen LogP contribution in [0.15, 0.2) is 72.8 Å². The van der Waals surface area contributed by atoms with Crippen LogP contribution in [-0.4, -0.2) is 48.3 Å². The number of carbonyl (C=O) groups is 3. The summed E-state index contributed by atoms with van der Waals surface area (Å²) in [6.45, 7) is 7.87. The van der Waals surface area contributed by atoms with Crippen LogP contribution in [0.25, 0.3) is 0 Å². The van der Waals surface area contributed by atoms with E-state index in [1.165, 1.54) is 0 Å². The van der Waals surface area contributed by atoms with E-state index in [0.717, 1.165) is 29.5 Å². The van der Waals surface area contributed by atoms with Crippen LogP contribution in [0, 0.1) is 5.92 Å². The monoisotopic (exact) mass is 585 g/mol. The van der Waals surface area contributed by atoms with Gasteiger partial charge in [0.15, 0.2) is 0 Å². The predicted octanol–water partition coefficient (Wildman–Crippen LogP) is 6.49. The fraction of sp³-hybridized carbons (Fsp3) is 0.382. The maximum atomic E-state index is 12.9. The molecule has 9 heteroatoms. The SMILES string of the molecule is CC(C)(C)OC(=O)N1CC[C@@H](COc2ccc3c(c2)C(=O)NC3)[C@H](c2ccc(NC(=O)OCc3ccccc3)cc2)CC1. The molecule has 2 aliphatic rings. The van der Waals surface area contributed by atoms with Crippen molar-refractivity contribution in [3.05, 3.63) is 95.1 Å². The van der Waals surface area contributed by atoms with Crippen LogP contribution in [0.5, 0.6) is 5.75 Å². The summed E-state index contributed by atoms with van der Waals surface area (Å²) in [7, 11) is 0. The van der Waals surface area contributed by atoms with Gasteiger partial charge in [0, 0.05) is 36.8 Å². The number of likely N-dealkylation sites (tertiary alicyclic amines) is 1.